The second-order valence-corrected chi connectivity index (χ2v) is 6.69. The summed E-state index contributed by atoms with van der Waals surface area (Å²) in [6.07, 6.45) is 0.208. The third kappa shape index (κ3) is 4.99. The Labute approximate surface area is 135 Å². The minimum Gasteiger partial charge on any atom is -0.381 e. The number of nitrogens with one attached hydrogen (secondary N) is 1. The number of morpholine rings is 1. The molecule has 21 heavy (non-hydrogen) atoms. The first-order chi connectivity index (χ1) is 10.1. The Morgan fingerprint density at radius 1 is 1.52 bits per heavy atom. The average molecular weight is 352 g/mol. The quantitative estimate of drug-likeness (QED) is 0.885. The van der Waals surface area contributed by atoms with Crippen molar-refractivity contribution in [2.24, 2.45) is 5.92 Å². The molecule has 4 nitrogen and oxygen atoms in total. The second kappa shape index (κ2) is 7.79. The SMILES string of the molecule is CC(C)CN1CCOC(CNc2ccc(C#N)cc2Br)C1. The minimum atomic E-state index is 0.208. The molecule has 2 rings (SSSR count). The van der Waals surface area contributed by atoms with Crippen LogP contribution in [0.25, 0.3) is 0 Å². The molecular formula is C16H22BrN3O. The fraction of sp³-hybridized carbons (Fsp3) is 0.562. The molecule has 0 amide bonds. The van der Waals surface area contributed by atoms with Crippen LogP contribution in [-0.2, 0) is 4.74 Å². The van der Waals surface area contributed by atoms with Crippen molar-refractivity contribution in [1.29, 1.82) is 5.26 Å². The van der Waals surface area contributed by atoms with Gasteiger partial charge in [-0.05, 0) is 40.0 Å². The van der Waals surface area contributed by atoms with E-state index in [0.717, 1.165) is 42.9 Å². The van der Waals surface area contributed by atoms with E-state index in [2.05, 4.69) is 46.1 Å². The van der Waals surface area contributed by atoms with E-state index in [1.165, 1.54) is 0 Å². The minimum absolute atomic E-state index is 0.208. The molecule has 0 aromatic heterocycles. The Morgan fingerprint density at radius 2 is 2.33 bits per heavy atom. The number of nitrogens with zero attached hydrogens (tertiary/aromatic N) is 2. The van der Waals surface area contributed by atoms with Gasteiger partial charge in [-0.2, -0.15) is 5.26 Å². The first-order valence-electron chi connectivity index (χ1n) is 7.36. The molecule has 1 aliphatic rings. The van der Waals surface area contributed by atoms with Crippen molar-refractivity contribution < 1.29 is 4.74 Å². The number of rotatable bonds is 5. The number of benzene rings is 1. The summed E-state index contributed by atoms with van der Waals surface area (Å²) in [6, 6.07) is 7.71. The largest absolute Gasteiger partial charge is 0.381 e. The molecule has 0 spiro atoms. The molecule has 1 unspecified atom stereocenters. The summed E-state index contributed by atoms with van der Waals surface area (Å²) >= 11 is 3.49. The molecule has 0 saturated carbocycles. The van der Waals surface area contributed by atoms with Crippen LogP contribution in [0.5, 0.6) is 0 Å². The van der Waals surface area contributed by atoms with Gasteiger partial charge in [0.2, 0.25) is 0 Å². The number of nitriles is 1. The van der Waals surface area contributed by atoms with E-state index in [4.69, 9.17) is 10.00 Å². The van der Waals surface area contributed by atoms with Crippen LogP contribution in [0.15, 0.2) is 22.7 Å². The summed E-state index contributed by atoms with van der Waals surface area (Å²) in [5.41, 5.74) is 1.66. The van der Waals surface area contributed by atoms with E-state index in [1.54, 1.807) is 0 Å². The number of ether oxygens (including phenoxy) is 1. The molecule has 1 aliphatic heterocycles. The highest BCUT2D eigenvalue weighted by atomic mass is 79.9. The van der Waals surface area contributed by atoms with Crippen LogP contribution in [-0.4, -0.2) is 43.8 Å². The number of hydrogen-bond donors (Lipinski definition) is 1. The molecule has 1 heterocycles. The van der Waals surface area contributed by atoms with Crippen LogP contribution in [0.2, 0.25) is 0 Å². The van der Waals surface area contributed by atoms with Gasteiger partial charge in [0.25, 0.3) is 0 Å². The molecule has 1 saturated heterocycles. The van der Waals surface area contributed by atoms with Crippen LogP contribution < -0.4 is 5.32 Å². The van der Waals surface area contributed by atoms with Crippen LogP contribution in [0.3, 0.4) is 0 Å². The van der Waals surface area contributed by atoms with Gasteiger partial charge in [-0.1, -0.05) is 13.8 Å². The predicted octanol–water partition coefficient (Wildman–Crippen LogP) is 3.09. The van der Waals surface area contributed by atoms with E-state index in [9.17, 15) is 0 Å². The first-order valence-corrected chi connectivity index (χ1v) is 8.15. The van der Waals surface area contributed by atoms with Gasteiger partial charge in [0, 0.05) is 36.3 Å². The first kappa shape index (κ1) is 16.3. The Kier molecular flexibility index (Phi) is 6.04. The Morgan fingerprint density at radius 3 is 3.00 bits per heavy atom. The lowest BCUT2D eigenvalue weighted by molar-refractivity contribution is -0.0244. The van der Waals surface area contributed by atoms with Gasteiger partial charge in [-0.15, -0.1) is 0 Å². The second-order valence-electron chi connectivity index (χ2n) is 5.83. The van der Waals surface area contributed by atoms with Crippen LogP contribution in [0.1, 0.15) is 19.4 Å². The van der Waals surface area contributed by atoms with Crippen molar-refractivity contribution >= 4 is 21.6 Å². The zero-order chi connectivity index (χ0) is 15.2. The van der Waals surface area contributed by atoms with Gasteiger partial charge in [-0.25, -0.2) is 0 Å². The normalized spacial score (nSPS) is 19.5. The number of halogens is 1. The molecule has 114 valence electrons. The summed E-state index contributed by atoms with van der Waals surface area (Å²) in [6.45, 7) is 9.19. The summed E-state index contributed by atoms with van der Waals surface area (Å²) in [5, 5.41) is 12.3. The summed E-state index contributed by atoms with van der Waals surface area (Å²) < 4.78 is 6.74. The third-order valence-electron chi connectivity index (χ3n) is 3.46. The summed E-state index contributed by atoms with van der Waals surface area (Å²) in [5.74, 6) is 0.685. The Balaban J connectivity index is 1.86. The molecule has 1 aromatic rings. The van der Waals surface area contributed by atoms with Crippen molar-refractivity contribution in [1.82, 2.24) is 4.90 Å². The molecule has 1 atom stereocenters. The number of anilines is 1. The fourth-order valence-electron chi connectivity index (χ4n) is 2.54. The lowest BCUT2D eigenvalue weighted by Gasteiger charge is -2.34. The Hall–Kier alpha value is -1.09. The fourth-order valence-corrected chi connectivity index (χ4v) is 3.06. The molecule has 0 bridgehead atoms. The molecule has 0 radical (unpaired) electrons. The predicted molar refractivity (Wildman–Crippen MR) is 88.4 cm³/mol. The van der Waals surface area contributed by atoms with Crippen molar-refractivity contribution in [2.45, 2.75) is 20.0 Å². The van der Waals surface area contributed by atoms with Crippen molar-refractivity contribution in [3.8, 4) is 6.07 Å². The number of hydrogen-bond acceptors (Lipinski definition) is 4. The smallest absolute Gasteiger partial charge is 0.0992 e. The monoisotopic (exact) mass is 351 g/mol. The molecule has 1 N–H and O–H groups in total. The van der Waals surface area contributed by atoms with Gasteiger partial charge in [0.15, 0.2) is 0 Å². The zero-order valence-electron chi connectivity index (χ0n) is 12.6. The zero-order valence-corrected chi connectivity index (χ0v) is 14.2. The summed E-state index contributed by atoms with van der Waals surface area (Å²) in [7, 11) is 0. The highest BCUT2D eigenvalue weighted by molar-refractivity contribution is 9.10. The Bertz CT molecular complexity index is 513. The molecule has 1 aromatic carbocycles. The van der Waals surface area contributed by atoms with Gasteiger partial charge in [0.1, 0.15) is 0 Å². The molecule has 0 aliphatic carbocycles. The van der Waals surface area contributed by atoms with Gasteiger partial charge in [-0.3, -0.25) is 4.90 Å². The maximum absolute atomic E-state index is 8.87. The third-order valence-corrected chi connectivity index (χ3v) is 4.12. The topological polar surface area (TPSA) is 48.3 Å². The van der Waals surface area contributed by atoms with E-state index >= 15 is 0 Å². The van der Waals surface area contributed by atoms with Gasteiger partial charge >= 0.3 is 0 Å². The molecule has 1 fully saturated rings. The summed E-state index contributed by atoms with van der Waals surface area (Å²) in [4.78, 5) is 2.47. The van der Waals surface area contributed by atoms with Crippen LogP contribution in [0.4, 0.5) is 5.69 Å². The van der Waals surface area contributed by atoms with E-state index in [0.29, 0.717) is 11.5 Å². The maximum atomic E-state index is 8.87. The standard InChI is InChI=1S/C16H22BrN3O/c1-12(2)10-20-5-6-21-14(11-20)9-19-16-4-3-13(8-18)7-15(16)17/h3-4,7,12,14,19H,5-6,9-11H2,1-2H3. The maximum Gasteiger partial charge on any atom is 0.0992 e. The lowest BCUT2D eigenvalue weighted by atomic mass is 10.1. The van der Waals surface area contributed by atoms with Crippen molar-refractivity contribution in [3.05, 3.63) is 28.2 Å². The van der Waals surface area contributed by atoms with Gasteiger partial charge < -0.3 is 10.1 Å². The lowest BCUT2D eigenvalue weighted by Crippen LogP contribution is -2.46. The van der Waals surface area contributed by atoms with E-state index < -0.39 is 0 Å². The van der Waals surface area contributed by atoms with Crippen molar-refractivity contribution in [2.75, 3.05) is 38.1 Å². The van der Waals surface area contributed by atoms with Gasteiger partial charge in [0.05, 0.1) is 24.3 Å². The van der Waals surface area contributed by atoms with E-state index in [1.807, 2.05) is 18.2 Å². The van der Waals surface area contributed by atoms with Crippen LogP contribution in [0, 0.1) is 17.2 Å². The average Bonchev–Trinajstić information content (AvgIpc) is 2.45. The van der Waals surface area contributed by atoms with Crippen LogP contribution >= 0.6 is 15.9 Å². The van der Waals surface area contributed by atoms with Crippen molar-refractivity contribution in [3.63, 3.8) is 0 Å². The van der Waals surface area contributed by atoms with E-state index in [-0.39, 0.29) is 6.10 Å². The highest BCUT2D eigenvalue weighted by Crippen LogP contribution is 2.23. The molecule has 5 heteroatoms. The molecular weight excluding hydrogens is 330 g/mol. The highest BCUT2D eigenvalue weighted by Gasteiger charge is 2.20.